The van der Waals surface area contributed by atoms with Gasteiger partial charge in [0.05, 0.1) is 0 Å². The van der Waals surface area contributed by atoms with Crippen molar-refractivity contribution in [2.45, 2.75) is 38.6 Å². The molecule has 0 spiro atoms. The molecule has 0 amide bonds. The predicted molar refractivity (Wildman–Crippen MR) is 86.9 cm³/mol. The third kappa shape index (κ3) is 4.21. The van der Waals surface area contributed by atoms with Crippen molar-refractivity contribution in [3.8, 4) is 5.75 Å². The molecule has 1 saturated heterocycles. The fourth-order valence-corrected chi connectivity index (χ4v) is 3.62. The van der Waals surface area contributed by atoms with Gasteiger partial charge in [-0.1, -0.05) is 25.0 Å². The van der Waals surface area contributed by atoms with Crippen molar-refractivity contribution in [3.63, 3.8) is 0 Å². The molecular formula is C18H28N2O. The van der Waals surface area contributed by atoms with E-state index < -0.39 is 0 Å². The molecule has 2 fully saturated rings. The van der Waals surface area contributed by atoms with E-state index in [1.54, 1.807) is 0 Å². The van der Waals surface area contributed by atoms with Crippen molar-refractivity contribution in [3.05, 3.63) is 29.8 Å². The highest BCUT2D eigenvalue weighted by molar-refractivity contribution is 5.27. The van der Waals surface area contributed by atoms with E-state index in [0.717, 1.165) is 24.9 Å². The molecule has 0 atom stereocenters. The summed E-state index contributed by atoms with van der Waals surface area (Å²) in [6, 6.07) is 9.21. The average Bonchev–Trinajstić information content (AvgIpc) is 3.02. The van der Waals surface area contributed by atoms with Gasteiger partial charge in [0.25, 0.3) is 0 Å². The van der Waals surface area contributed by atoms with Crippen molar-refractivity contribution >= 4 is 0 Å². The van der Waals surface area contributed by atoms with E-state index in [1.807, 2.05) is 6.07 Å². The van der Waals surface area contributed by atoms with E-state index in [4.69, 9.17) is 4.74 Å². The summed E-state index contributed by atoms with van der Waals surface area (Å²) in [6.07, 6.45) is 5.73. The van der Waals surface area contributed by atoms with E-state index in [9.17, 15) is 0 Å². The first-order chi connectivity index (χ1) is 10.3. The predicted octanol–water partition coefficient (Wildman–Crippen LogP) is 2.93. The number of hydrogen-bond acceptors (Lipinski definition) is 3. The highest BCUT2D eigenvalue weighted by Gasteiger charge is 2.25. The molecule has 1 aliphatic heterocycles. The molecule has 3 heteroatoms. The topological polar surface area (TPSA) is 15.7 Å². The van der Waals surface area contributed by atoms with Gasteiger partial charge in [0, 0.05) is 38.8 Å². The average molecular weight is 288 g/mol. The Bertz CT molecular complexity index is 435. The Kier molecular flexibility index (Phi) is 5.15. The van der Waals surface area contributed by atoms with Crippen LogP contribution in [0.2, 0.25) is 0 Å². The van der Waals surface area contributed by atoms with Crippen molar-refractivity contribution in [1.82, 2.24) is 9.80 Å². The van der Waals surface area contributed by atoms with Gasteiger partial charge in [0.1, 0.15) is 12.4 Å². The van der Waals surface area contributed by atoms with Crippen LogP contribution in [0.3, 0.4) is 0 Å². The van der Waals surface area contributed by atoms with Crippen LogP contribution in [0.1, 0.15) is 31.2 Å². The van der Waals surface area contributed by atoms with Crippen LogP contribution in [-0.2, 0) is 0 Å². The summed E-state index contributed by atoms with van der Waals surface area (Å²) >= 11 is 0. The summed E-state index contributed by atoms with van der Waals surface area (Å²) in [5.41, 5.74) is 1.26. The van der Waals surface area contributed by atoms with Crippen LogP contribution in [0.15, 0.2) is 24.3 Å². The van der Waals surface area contributed by atoms with Crippen molar-refractivity contribution in [2.24, 2.45) is 0 Å². The van der Waals surface area contributed by atoms with Gasteiger partial charge in [-0.15, -0.1) is 0 Å². The maximum atomic E-state index is 5.86. The number of nitrogens with zero attached hydrogens (tertiary/aromatic N) is 2. The van der Waals surface area contributed by atoms with E-state index >= 15 is 0 Å². The fourth-order valence-electron chi connectivity index (χ4n) is 3.62. The van der Waals surface area contributed by atoms with E-state index in [-0.39, 0.29) is 0 Å². The van der Waals surface area contributed by atoms with Crippen molar-refractivity contribution in [1.29, 1.82) is 0 Å². The smallest absolute Gasteiger partial charge is 0.119 e. The van der Waals surface area contributed by atoms with Gasteiger partial charge in [-0.05, 0) is 37.5 Å². The Balaban J connectivity index is 1.35. The molecule has 21 heavy (non-hydrogen) atoms. The lowest BCUT2D eigenvalue weighted by atomic mass is 10.2. The van der Waals surface area contributed by atoms with E-state index in [1.165, 1.54) is 57.4 Å². The summed E-state index contributed by atoms with van der Waals surface area (Å²) in [5, 5.41) is 0. The van der Waals surface area contributed by atoms with Crippen LogP contribution >= 0.6 is 0 Å². The first-order valence-electron chi connectivity index (χ1n) is 8.47. The summed E-state index contributed by atoms with van der Waals surface area (Å²) in [7, 11) is 0. The zero-order chi connectivity index (χ0) is 14.5. The molecule has 3 nitrogen and oxygen atoms in total. The Hall–Kier alpha value is -1.06. The van der Waals surface area contributed by atoms with Crippen LogP contribution < -0.4 is 4.74 Å². The monoisotopic (exact) mass is 288 g/mol. The van der Waals surface area contributed by atoms with Gasteiger partial charge in [-0.3, -0.25) is 9.80 Å². The number of ether oxygens (including phenoxy) is 1. The first kappa shape index (κ1) is 14.9. The molecule has 1 heterocycles. The molecule has 0 N–H and O–H groups in total. The van der Waals surface area contributed by atoms with Crippen LogP contribution in [-0.4, -0.2) is 55.2 Å². The Morgan fingerprint density at radius 3 is 2.57 bits per heavy atom. The number of benzene rings is 1. The lowest BCUT2D eigenvalue weighted by molar-refractivity contribution is 0.0881. The summed E-state index contributed by atoms with van der Waals surface area (Å²) in [4.78, 5) is 5.26. The maximum absolute atomic E-state index is 5.86. The zero-order valence-electron chi connectivity index (χ0n) is 13.3. The lowest BCUT2D eigenvalue weighted by Gasteiger charge is -2.38. The lowest BCUT2D eigenvalue weighted by Crippen LogP contribution is -2.50. The summed E-state index contributed by atoms with van der Waals surface area (Å²) in [5.74, 6) is 1.000. The van der Waals surface area contributed by atoms with Crippen LogP contribution in [0.25, 0.3) is 0 Å². The van der Waals surface area contributed by atoms with Crippen LogP contribution in [0.4, 0.5) is 0 Å². The molecule has 0 unspecified atom stereocenters. The molecule has 1 aromatic carbocycles. The van der Waals surface area contributed by atoms with E-state index in [2.05, 4.69) is 34.9 Å². The number of piperazine rings is 1. The third-order valence-corrected chi connectivity index (χ3v) is 4.91. The van der Waals surface area contributed by atoms with Crippen molar-refractivity contribution < 1.29 is 4.74 Å². The number of aryl methyl sites for hydroxylation is 1. The molecular weight excluding hydrogens is 260 g/mol. The molecule has 0 aromatic heterocycles. The minimum Gasteiger partial charge on any atom is -0.492 e. The SMILES string of the molecule is Cc1cccc(OCCN2CCN(C3CCCC3)CC2)c1. The van der Waals surface area contributed by atoms with Gasteiger partial charge < -0.3 is 4.74 Å². The number of rotatable bonds is 5. The normalized spacial score (nSPS) is 21.8. The Morgan fingerprint density at radius 1 is 1.10 bits per heavy atom. The maximum Gasteiger partial charge on any atom is 0.119 e. The Morgan fingerprint density at radius 2 is 1.86 bits per heavy atom. The molecule has 0 radical (unpaired) electrons. The van der Waals surface area contributed by atoms with Crippen molar-refractivity contribution in [2.75, 3.05) is 39.3 Å². The number of hydrogen-bond donors (Lipinski definition) is 0. The summed E-state index contributed by atoms with van der Waals surface area (Å²) in [6.45, 7) is 8.85. The quantitative estimate of drug-likeness (QED) is 0.828. The van der Waals surface area contributed by atoms with Gasteiger partial charge in [0.2, 0.25) is 0 Å². The second-order valence-electron chi connectivity index (χ2n) is 6.48. The van der Waals surface area contributed by atoms with Gasteiger partial charge >= 0.3 is 0 Å². The molecule has 2 aliphatic rings. The van der Waals surface area contributed by atoms with Gasteiger partial charge in [0.15, 0.2) is 0 Å². The van der Waals surface area contributed by atoms with Gasteiger partial charge in [-0.25, -0.2) is 0 Å². The third-order valence-electron chi connectivity index (χ3n) is 4.91. The standard InChI is InChI=1S/C18H28N2O/c1-16-5-4-8-18(15-16)21-14-13-19-9-11-20(12-10-19)17-6-2-3-7-17/h4-5,8,15,17H,2-3,6-7,9-14H2,1H3. The second kappa shape index (κ2) is 7.28. The minimum atomic E-state index is 0.798. The zero-order valence-corrected chi connectivity index (χ0v) is 13.3. The highest BCUT2D eigenvalue weighted by atomic mass is 16.5. The van der Waals surface area contributed by atoms with Crippen LogP contribution in [0.5, 0.6) is 5.75 Å². The highest BCUT2D eigenvalue weighted by Crippen LogP contribution is 2.24. The van der Waals surface area contributed by atoms with Gasteiger partial charge in [-0.2, -0.15) is 0 Å². The minimum absolute atomic E-state index is 0.798. The second-order valence-corrected chi connectivity index (χ2v) is 6.48. The largest absolute Gasteiger partial charge is 0.492 e. The van der Waals surface area contributed by atoms with E-state index in [0.29, 0.717) is 0 Å². The molecule has 1 aromatic rings. The molecule has 1 aliphatic carbocycles. The molecule has 3 rings (SSSR count). The fraction of sp³-hybridized carbons (Fsp3) is 0.667. The summed E-state index contributed by atoms with van der Waals surface area (Å²) < 4.78 is 5.86. The molecule has 0 bridgehead atoms. The van der Waals surface area contributed by atoms with Crippen LogP contribution in [0, 0.1) is 6.92 Å². The molecule has 1 saturated carbocycles. The molecule has 116 valence electrons. The Labute approximate surface area is 128 Å². The first-order valence-corrected chi connectivity index (χ1v) is 8.47.